The molecule has 4 aromatic rings. The third-order valence-electron chi connectivity index (χ3n) is 4.72. The van der Waals surface area contributed by atoms with Gasteiger partial charge < -0.3 is 10.4 Å². The Morgan fingerprint density at radius 2 is 1.76 bits per heavy atom. The van der Waals surface area contributed by atoms with E-state index in [0.717, 1.165) is 22.6 Å². The second kappa shape index (κ2) is 9.32. The highest BCUT2D eigenvalue weighted by molar-refractivity contribution is 5.84. The summed E-state index contributed by atoms with van der Waals surface area (Å²) in [6.07, 6.45) is 1.24. The number of nitro groups is 1. The zero-order valence-corrected chi connectivity index (χ0v) is 18.6. The van der Waals surface area contributed by atoms with Crippen LogP contribution in [0.2, 0.25) is 0 Å². The summed E-state index contributed by atoms with van der Waals surface area (Å²) >= 11 is 0. The highest BCUT2D eigenvalue weighted by atomic mass is 16.6. The first kappa shape index (κ1) is 22.3. The molecule has 0 saturated heterocycles. The highest BCUT2D eigenvalue weighted by Gasteiger charge is 2.13. The van der Waals surface area contributed by atoms with Crippen LogP contribution in [-0.4, -0.2) is 41.0 Å². The summed E-state index contributed by atoms with van der Waals surface area (Å²) in [6.45, 7) is 5.74. The van der Waals surface area contributed by atoms with Gasteiger partial charge in [-0.2, -0.15) is 25.2 Å². The lowest BCUT2D eigenvalue weighted by Crippen LogP contribution is -2.11. The van der Waals surface area contributed by atoms with Crippen molar-refractivity contribution in [2.45, 2.75) is 20.8 Å². The smallest absolute Gasteiger partial charge is 0.270 e. The molecule has 0 unspecified atom stereocenters. The molecule has 2 heterocycles. The third kappa shape index (κ3) is 5.12. The number of aromatic hydroxyl groups is 1. The Kier molecular flexibility index (Phi) is 6.12. The van der Waals surface area contributed by atoms with E-state index in [-0.39, 0.29) is 34.8 Å². The Morgan fingerprint density at radius 1 is 1.03 bits per heavy atom. The molecule has 0 amide bonds. The van der Waals surface area contributed by atoms with E-state index in [1.807, 2.05) is 51.1 Å². The van der Waals surface area contributed by atoms with Crippen molar-refractivity contribution in [2.24, 2.45) is 5.10 Å². The fraction of sp³-hybridized carbons (Fsp3) is 0.136. The van der Waals surface area contributed by atoms with Crippen molar-refractivity contribution in [3.63, 3.8) is 0 Å². The first-order chi connectivity index (χ1) is 16.3. The second-order valence-corrected chi connectivity index (χ2v) is 7.48. The van der Waals surface area contributed by atoms with Crippen molar-refractivity contribution in [1.82, 2.24) is 24.7 Å². The van der Waals surface area contributed by atoms with Gasteiger partial charge in [-0.05, 0) is 45.0 Å². The van der Waals surface area contributed by atoms with Gasteiger partial charge in [0.25, 0.3) is 11.6 Å². The van der Waals surface area contributed by atoms with E-state index in [2.05, 4.69) is 35.9 Å². The molecule has 12 heteroatoms. The molecule has 0 bridgehead atoms. The first-order valence-corrected chi connectivity index (χ1v) is 10.2. The van der Waals surface area contributed by atoms with Gasteiger partial charge in [0.2, 0.25) is 11.9 Å². The molecular formula is C22H21N9O3. The number of rotatable bonds is 7. The van der Waals surface area contributed by atoms with Crippen LogP contribution < -0.4 is 10.7 Å². The molecular weight excluding hydrogens is 438 g/mol. The molecule has 0 spiro atoms. The maximum atomic E-state index is 11.0. The summed E-state index contributed by atoms with van der Waals surface area (Å²) in [5, 5.41) is 32.5. The molecule has 0 saturated carbocycles. The van der Waals surface area contributed by atoms with Crippen LogP contribution in [0.15, 0.2) is 53.6 Å². The minimum Gasteiger partial charge on any atom is -0.507 e. The highest BCUT2D eigenvalue weighted by Crippen LogP contribution is 2.21. The van der Waals surface area contributed by atoms with Crippen molar-refractivity contribution in [3.05, 3.63) is 81.2 Å². The number of nitro benzene ring substituents is 1. The molecule has 0 atom stereocenters. The average molecular weight is 459 g/mol. The third-order valence-corrected chi connectivity index (χ3v) is 4.72. The standard InChI is InChI=1S/C22H21N9O3/c1-13-4-6-17(7-5-13)24-20-25-21(27-22(26-20)30-15(3)10-14(2)29-30)28-23-12-16-11-18(31(33)34)8-9-19(16)32/h4-12,32H,1-3H3,(H2,24,25,26,27,28)/b23-12+. The quantitative estimate of drug-likeness (QED) is 0.212. The zero-order chi connectivity index (χ0) is 24.2. The van der Waals surface area contributed by atoms with Gasteiger partial charge in [-0.25, -0.2) is 10.1 Å². The molecule has 0 aliphatic rings. The Labute approximate surface area is 194 Å². The number of nitrogens with zero attached hydrogens (tertiary/aromatic N) is 7. The van der Waals surface area contributed by atoms with E-state index in [4.69, 9.17) is 0 Å². The van der Waals surface area contributed by atoms with Crippen LogP contribution in [0.1, 0.15) is 22.5 Å². The monoisotopic (exact) mass is 459 g/mol. The van der Waals surface area contributed by atoms with Gasteiger partial charge in [0, 0.05) is 29.1 Å². The Bertz CT molecular complexity index is 1380. The predicted octanol–water partition coefficient (Wildman–Crippen LogP) is 3.79. The number of phenolic OH excluding ortho intramolecular Hbond substituents is 1. The lowest BCUT2D eigenvalue weighted by Gasteiger charge is -2.10. The number of aromatic nitrogens is 5. The van der Waals surface area contributed by atoms with Gasteiger partial charge in [0.05, 0.1) is 16.8 Å². The summed E-state index contributed by atoms with van der Waals surface area (Å²) in [4.78, 5) is 23.6. The molecule has 2 aromatic carbocycles. The molecule has 34 heavy (non-hydrogen) atoms. The van der Waals surface area contributed by atoms with Gasteiger partial charge in [0.1, 0.15) is 5.75 Å². The minimum absolute atomic E-state index is 0.105. The molecule has 2 aromatic heterocycles. The van der Waals surface area contributed by atoms with Crippen molar-refractivity contribution in [2.75, 3.05) is 10.7 Å². The van der Waals surface area contributed by atoms with Crippen LogP contribution in [0.4, 0.5) is 23.3 Å². The molecule has 3 N–H and O–H groups in total. The number of nitrogens with one attached hydrogen (secondary N) is 2. The van der Waals surface area contributed by atoms with E-state index in [1.165, 1.54) is 24.4 Å². The van der Waals surface area contributed by atoms with Crippen LogP contribution in [0.25, 0.3) is 5.95 Å². The van der Waals surface area contributed by atoms with Crippen molar-refractivity contribution in [1.29, 1.82) is 0 Å². The normalized spacial score (nSPS) is 11.0. The number of hydrazone groups is 1. The van der Waals surface area contributed by atoms with Gasteiger partial charge in [-0.3, -0.25) is 10.1 Å². The Hall–Kier alpha value is -4.87. The summed E-state index contributed by atoms with van der Waals surface area (Å²) in [7, 11) is 0. The number of aryl methyl sites for hydroxylation is 3. The van der Waals surface area contributed by atoms with E-state index < -0.39 is 4.92 Å². The SMILES string of the molecule is Cc1ccc(Nc2nc(N/N=C/c3cc([N+](=O)[O-])ccc3O)nc(-n3nc(C)cc3C)n2)cc1. The van der Waals surface area contributed by atoms with Crippen LogP contribution in [0.5, 0.6) is 5.75 Å². The summed E-state index contributed by atoms with van der Waals surface area (Å²) in [5.41, 5.74) is 6.22. The number of phenols is 1. The summed E-state index contributed by atoms with van der Waals surface area (Å²) < 4.78 is 1.58. The number of anilines is 3. The molecule has 0 aliphatic heterocycles. The van der Waals surface area contributed by atoms with Crippen LogP contribution in [0.3, 0.4) is 0 Å². The van der Waals surface area contributed by atoms with Crippen LogP contribution in [0, 0.1) is 30.9 Å². The second-order valence-electron chi connectivity index (χ2n) is 7.48. The topological polar surface area (TPSA) is 156 Å². The fourth-order valence-electron chi connectivity index (χ4n) is 3.08. The molecule has 12 nitrogen and oxygen atoms in total. The van der Waals surface area contributed by atoms with Gasteiger partial charge in [-0.15, -0.1) is 0 Å². The summed E-state index contributed by atoms with van der Waals surface area (Å²) in [5.74, 6) is 0.480. The molecule has 4 rings (SSSR count). The Morgan fingerprint density at radius 3 is 2.44 bits per heavy atom. The van der Waals surface area contributed by atoms with Crippen LogP contribution in [-0.2, 0) is 0 Å². The minimum atomic E-state index is -0.556. The predicted molar refractivity (Wildman–Crippen MR) is 127 cm³/mol. The molecule has 172 valence electrons. The van der Waals surface area contributed by atoms with Crippen molar-refractivity contribution in [3.8, 4) is 11.7 Å². The van der Waals surface area contributed by atoms with Gasteiger partial charge >= 0.3 is 0 Å². The molecule has 0 fully saturated rings. The number of benzene rings is 2. The van der Waals surface area contributed by atoms with Gasteiger partial charge in [0.15, 0.2) is 0 Å². The van der Waals surface area contributed by atoms with E-state index in [9.17, 15) is 15.2 Å². The lowest BCUT2D eigenvalue weighted by molar-refractivity contribution is -0.384. The number of non-ortho nitro benzene ring substituents is 1. The van der Waals surface area contributed by atoms with E-state index in [0.29, 0.717) is 0 Å². The van der Waals surface area contributed by atoms with Crippen molar-refractivity contribution >= 4 is 29.5 Å². The van der Waals surface area contributed by atoms with Crippen molar-refractivity contribution < 1.29 is 10.0 Å². The average Bonchev–Trinajstić information content (AvgIpc) is 3.14. The van der Waals surface area contributed by atoms with E-state index in [1.54, 1.807) is 4.68 Å². The number of hydrogen-bond acceptors (Lipinski definition) is 10. The maximum absolute atomic E-state index is 11.0. The lowest BCUT2D eigenvalue weighted by atomic mass is 10.2. The largest absolute Gasteiger partial charge is 0.507 e. The number of hydrogen-bond donors (Lipinski definition) is 3. The summed E-state index contributed by atoms with van der Waals surface area (Å²) in [6, 6.07) is 13.3. The van der Waals surface area contributed by atoms with Gasteiger partial charge in [-0.1, -0.05) is 17.7 Å². The molecule has 0 radical (unpaired) electrons. The first-order valence-electron chi connectivity index (χ1n) is 10.2. The van der Waals surface area contributed by atoms with Crippen LogP contribution >= 0.6 is 0 Å². The van der Waals surface area contributed by atoms with E-state index >= 15 is 0 Å². The zero-order valence-electron chi connectivity index (χ0n) is 18.6. The Balaban J connectivity index is 1.65. The fourth-order valence-corrected chi connectivity index (χ4v) is 3.08. The maximum Gasteiger partial charge on any atom is 0.270 e. The molecule has 0 aliphatic carbocycles.